The number of sulfone groups is 1. The van der Waals surface area contributed by atoms with Gasteiger partial charge in [0.05, 0.1) is 16.0 Å². The van der Waals surface area contributed by atoms with Crippen molar-refractivity contribution in [1.82, 2.24) is 4.98 Å². The van der Waals surface area contributed by atoms with Crippen molar-refractivity contribution in [2.45, 2.75) is 16.0 Å². The molecule has 9 nitrogen and oxygen atoms in total. The fraction of sp³-hybridized carbons (Fsp3) is 0.111. The molecule has 0 saturated heterocycles. The summed E-state index contributed by atoms with van der Waals surface area (Å²) in [4.78, 5) is 26.0. The second kappa shape index (κ2) is 8.78. The van der Waals surface area contributed by atoms with Gasteiger partial charge in [-0.2, -0.15) is 0 Å². The van der Waals surface area contributed by atoms with E-state index in [2.05, 4.69) is 10.3 Å². The zero-order valence-electron chi connectivity index (χ0n) is 15.4. The summed E-state index contributed by atoms with van der Waals surface area (Å²) in [5.74, 6) is -0.0203. The van der Waals surface area contributed by atoms with E-state index >= 15 is 0 Å². The summed E-state index contributed by atoms with van der Waals surface area (Å²) in [5, 5.41) is 13.8. The van der Waals surface area contributed by atoms with Gasteiger partial charge in [0.1, 0.15) is 9.96 Å². The van der Waals surface area contributed by atoms with E-state index in [-0.39, 0.29) is 26.5 Å². The number of hydrogen-bond donors (Lipinski definition) is 1. The predicted molar refractivity (Wildman–Crippen MR) is 111 cm³/mol. The highest BCUT2D eigenvalue weighted by Gasteiger charge is 2.22. The number of rotatable bonds is 7. The van der Waals surface area contributed by atoms with Crippen LogP contribution in [0.5, 0.6) is 5.75 Å². The minimum atomic E-state index is -3.92. The number of non-ortho nitro benzene ring substituents is 1. The number of carbonyl (C=O) groups is 1. The van der Waals surface area contributed by atoms with Crippen LogP contribution in [-0.4, -0.2) is 30.8 Å². The zero-order chi connectivity index (χ0) is 21.9. The predicted octanol–water partition coefficient (Wildman–Crippen LogP) is 3.86. The van der Waals surface area contributed by atoms with Crippen LogP contribution < -0.4 is 10.1 Å². The van der Waals surface area contributed by atoms with Crippen molar-refractivity contribution < 1.29 is 22.9 Å². The van der Waals surface area contributed by atoms with E-state index in [0.29, 0.717) is 10.8 Å². The first kappa shape index (κ1) is 21.7. The Kier molecular flexibility index (Phi) is 6.34. The second-order valence-electron chi connectivity index (χ2n) is 5.99. The molecular formula is C18H14ClN3O6S2. The van der Waals surface area contributed by atoms with Crippen LogP contribution in [0.4, 0.5) is 10.8 Å². The van der Waals surface area contributed by atoms with Gasteiger partial charge in [0.25, 0.3) is 11.6 Å². The minimum absolute atomic E-state index is 0.0805. The Morgan fingerprint density at radius 3 is 2.60 bits per heavy atom. The summed E-state index contributed by atoms with van der Waals surface area (Å²) in [5.41, 5.74) is 0.545. The number of thiazole rings is 1. The van der Waals surface area contributed by atoms with E-state index < -0.39 is 20.7 Å². The Hall–Kier alpha value is -3.02. The van der Waals surface area contributed by atoms with E-state index in [1.807, 2.05) is 0 Å². The number of aromatic nitrogens is 1. The molecule has 1 heterocycles. The molecule has 0 aliphatic carbocycles. The number of benzene rings is 2. The van der Waals surface area contributed by atoms with Crippen LogP contribution in [0.1, 0.15) is 5.56 Å². The Balaban J connectivity index is 1.66. The average molecular weight is 468 g/mol. The molecule has 0 atom stereocenters. The maximum atomic E-state index is 12.6. The highest BCUT2D eigenvalue weighted by atomic mass is 35.5. The number of ether oxygens (including phenoxy) is 1. The summed E-state index contributed by atoms with van der Waals surface area (Å²) in [6.45, 7) is 1.49. The first-order valence-corrected chi connectivity index (χ1v) is 11.0. The number of nitrogens with zero attached hydrogens (tertiary/aromatic N) is 2. The van der Waals surface area contributed by atoms with E-state index in [1.165, 1.54) is 0 Å². The van der Waals surface area contributed by atoms with E-state index in [0.717, 1.165) is 47.4 Å². The number of nitro groups is 1. The van der Waals surface area contributed by atoms with E-state index in [9.17, 15) is 23.3 Å². The number of hydrogen-bond acceptors (Lipinski definition) is 8. The molecule has 30 heavy (non-hydrogen) atoms. The molecule has 0 aliphatic heterocycles. The van der Waals surface area contributed by atoms with E-state index in [1.54, 1.807) is 25.1 Å². The molecule has 12 heteroatoms. The number of carbonyl (C=O) groups excluding carboxylic acids is 1. The van der Waals surface area contributed by atoms with Gasteiger partial charge >= 0.3 is 0 Å². The first-order chi connectivity index (χ1) is 14.2. The van der Waals surface area contributed by atoms with Crippen molar-refractivity contribution in [2.75, 3.05) is 11.9 Å². The molecule has 0 aliphatic rings. The van der Waals surface area contributed by atoms with Crippen LogP contribution in [-0.2, 0) is 14.6 Å². The third-order valence-electron chi connectivity index (χ3n) is 3.85. The van der Waals surface area contributed by atoms with Crippen LogP contribution in [0.25, 0.3) is 0 Å². The monoisotopic (exact) mass is 467 g/mol. The third-order valence-corrected chi connectivity index (χ3v) is 7.23. The lowest BCUT2D eigenvalue weighted by Crippen LogP contribution is -2.20. The Bertz CT molecular complexity index is 1210. The fourth-order valence-electron chi connectivity index (χ4n) is 2.38. The van der Waals surface area contributed by atoms with Gasteiger partial charge in [-0.1, -0.05) is 22.9 Å². The molecule has 0 fully saturated rings. The Morgan fingerprint density at radius 1 is 1.27 bits per heavy atom. The van der Waals surface area contributed by atoms with E-state index in [4.69, 9.17) is 16.3 Å². The molecule has 1 aromatic heterocycles. The highest BCUT2D eigenvalue weighted by Crippen LogP contribution is 2.29. The number of nitrogens with one attached hydrogen (secondary N) is 1. The van der Waals surface area contributed by atoms with Crippen molar-refractivity contribution in [3.63, 3.8) is 0 Å². The topological polar surface area (TPSA) is 128 Å². The summed E-state index contributed by atoms with van der Waals surface area (Å²) < 4.78 is 30.6. The summed E-state index contributed by atoms with van der Waals surface area (Å²) in [7, 11) is -3.92. The molecule has 0 radical (unpaired) electrons. The molecule has 1 amide bonds. The van der Waals surface area contributed by atoms with Gasteiger partial charge in [-0.05, 0) is 42.8 Å². The smallest absolute Gasteiger partial charge is 0.269 e. The summed E-state index contributed by atoms with van der Waals surface area (Å²) >= 11 is 6.63. The van der Waals surface area contributed by atoms with Crippen LogP contribution in [0.3, 0.4) is 0 Å². The first-order valence-electron chi connectivity index (χ1n) is 8.31. The van der Waals surface area contributed by atoms with Crippen molar-refractivity contribution >= 4 is 49.5 Å². The molecular weight excluding hydrogens is 454 g/mol. The zero-order valence-corrected chi connectivity index (χ0v) is 17.8. The van der Waals surface area contributed by atoms with Crippen molar-refractivity contribution in [3.05, 3.63) is 69.4 Å². The molecule has 0 saturated carbocycles. The quantitative estimate of drug-likeness (QED) is 0.412. The van der Waals surface area contributed by atoms with Crippen molar-refractivity contribution in [3.8, 4) is 5.75 Å². The van der Waals surface area contributed by atoms with Crippen molar-refractivity contribution in [2.24, 2.45) is 0 Å². The second-order valence-corrected chi connectivity index (χ2v) is 9.63. The van der Waals surface area contributed by atoms with Crippen LogP contribution >= 0.6 is 22.9 Å². The normalized spacial score (nSPS) is 11.1. The Morgan fingerprint density at radius 2 is 1.97 bits per heavy atom. The van der Waals surface area contributed by atoms with Gasteiger partial charge in [0.2, 0.25) is 9.84 Å². The third kappa shape index (κ3) is 4.93. The highest BCUT2D eigenvalue weighted by molar-refractivity contribution is 7.93. The fourth-order valence-corrected chi connectivity index (χ4v) is 5.05. The van der Waals surface area contributed by atoms with Crippen LogP contribution in [0, 0.1) is 17.0 Å². The molecule has 3 rings (SSSR count). The molecule has 156 valence electrons. The molecule has 3 aromatic rings. The largest absolute Gasteiger partial charge is 0.483 e. The summed E-state index contributed by atoms with van der Waals surface area (Å²) in [6.07, 6.45) is 1.11. The minimum Gasteiger partial charge on any atom is -0.483 e. The lowest BCUT2D eigenvalue weighted by Gasteiger charge is -2.08. The number of halogens is 1. The number of anilines is 1. The van der Waals surface area contributed by atoms with Crippen molar-refractivity contribution in [1.29, 1.82) is 0 Å². The lowest BCUT2D eigenvalue weighted by atomic mass is 10.2. The number of aryl methyl sites for hydroxylation is 1. The van der Waals surface area contributed by atoms with Gasteiger partial charge < -0.3 is 4.74 Å². The maximum Gasteiger partial charge on any atom is 0.269 e. The number of amides is 1. The SMILES string of the molecule is Cc1cc(Cl)ccc1OCC(=O)Nc1ncc(S(=O)(=O)c2ccc([N+](=O)[O-])cc2)s1. The van der Waals surface area contributed by atoms with Crippen LogP contribution in [0.15, 0.2) is 57.8 Å². The number of nitro benzene ring substituents is 1. The van der Waals surface area contributed by atoms with Crippen LogP contribution in [0.2, 0.25) is 5.02 Å². The molecule has 2 aromatic carbocycles. The average Bonchev–Trinajstić information content (AvgIpc) is 3.16. The van der Waals surface area contributed by atoms with Gasteiger partial charge in [-0.25, -0.2) is 13.4 Å². The van der Waals surface area contributed by atoms with Gasteiger partial charge in [-0.15, -0.1) is 0 Å². The maximum absolute atomic E-state index is 12.6. The molecule has 0 unspecified atom stereocenters. The molecule has 0 spiro atoms. The molecule has 0 bridgehead atoms. The Labute approximate surface area is 180 Å². The van der Waals surface area contributed by atoms with Gasteiger partial charge in [0.15, 0.2) is 11.7 Å². The standard InChI is InChI=1S/C18H14ClN3O6S2/c1-11-8-12(19)2-7-15(11)28-10-16(23)21-18-20-9-17(29-18)30(26,27)14-5-3-13(4-6-14)22(24)25/h2-9H,10H2,1H3,(H,20,21,23). The van der Waals surface area contributed by atoms with Gasteiger partial charge in [-0.3, -0.25) is 20.2 Å². The molecule has 1 N–H and O–H groups in total. The summed E-state index contributed by atoms with van der Waals surface area (Å²) in [6, 6.07) is 9.48. The lowest BCUT2D eigenvalue weighted by molar-refractivity contribution is -0.384. The van der Waals surface area contributed by atoms with Gasteiger partial charge in [0, 0.05) is 17.2 Å².